The fraction of sp³-hybridized carbons (Fsp3) is 0.632. The van der Waals surface area contributed by atoms with E-state index >= 15 is 0 Å². The first-order valence-corrected chi connectivity index (χ1v) is 8.90. The molecule has 1 atom stereocenters. The van der Waals surface area contributed by atoms with E-state index in [0.717, 1.165) is 45.9 Å². The predicted octanol–water partition coefficient (Wildman–Crippen LogP) is 1.43. The molecule has 0 bridgehead atoms. The normalized spacial score (nSPS) is 21.2. The maximum absolute atomic E-state index is 12.5. The molecule has 0 spiro atoms. The van der Waals surface area contributed by atoms with E-state index in [1.54, 1.807) is 7.11 Å². The van der Waals surface area contributed by atoms with Crippen LogP contribution >= 0.6 is 0 Å². The molecule has 1 saturated heterocycles. The fourth-order valence-electron chi connectivity index (χ4n) is 3.80. The Morgan fingerprint density at radius 3 is 2.62 bits per heavy atom. The Bertz CT molecular complexity index is 538. The molecule has 1 aromatic carbocycles. The van der Waals surface area contributed by atoms with Crippen molar-refractivity contribution < 1.29 is 9.53 Å². The van der Waals surface area contributed by atoms with Crippen molar-refractivity contribution in [1.29, 1.82) is 0 Å². The van der Waals surface area contributed by atoms with Gasteiger partial charge in [0, 0.05) is 46.9 Å². The molecule has 2 aliphatic rings. The molecule has 2 heterocycles. The molecule has 132 valence electrons. The van der Waals surface area contributed by atoms with Gasteiger partial charge in [-0.25, -0.2) is 0 Å². The van der Waals surface area contributed by atoms with Crippen molar-refractivity contribution in [2.75, 3.05) is 53.5 Å². The minimum absolute atomic E-state index is 0.234. The highest BCUT2D eigenvalue weighted by Crippen LogP contribution is 2.22. The summed E-state index contributed by atoms with van der Waals surface area (Å²) in [5.74, 6) is 0.824. The van der Waals surface area contributed by atoms with Gasteiger partial charge < -0.3 is 14.5 Å². The number of nitrogens with zero attached hydrogens (tertiary/aromatic N) is 3. The lowest BCUT2D eigenvalue weighted by Crippen LogP contribution is -2.39. The first-order valence-electron chi connectivity index (χ1n) is 8.90. The summed E-state index contributed by atoms with van der Waals surface area (Å²) in [6.45, 7) is 7.16. The van der Waals surface area contributed by atoms with Gasteiger partial charge in [-0.2, -0.15) is 0 Å². The van der Waals surface area contributed by atoms with E-state index in [9.17, 15) is 4.79 Å². The summed E-state index contributed by atoms with van der Waals surface area (Å²) in [6, 6.07) is 8.48. The maximum atomic E-state index is 12.5. The molecular weight excluding hydrogens is 302 g/mol. The Balaban J connectivity index is 1.41. The van der Waals surface area contributed by atoms with Crippen LogP contribution in [0.1, 0.15) is 17.5 Å². The maximum Gasteiger partial charge on any atom is 0.236 e. The number of rotatable bonds is 7. The number of carbonyl (C=O) groups is 1. The second-order valence-corrected chi connectivity index (χ2v) is 7.14. The molecule has 5 nitrogen and oxygen atoms in total. The van der Waals surface area contributed by atoms with Crippen molar-refractivity contribution in [3.8, 4) is 0 Å². The largest absolute Gasteiger partial charge is 0.383 e. The van der Waals surface area contributed by atoms with Crippen LogP contribution in [0.3, 0.4) is 0 Å². The van der Waals surface area contributed by atoms with Gasteiger partial charge in [-0.15, -0.1) is 0 Å². The van der Waals surface area contributed by atoms with Gasteiger partial charge in [-0.3, -0.25) is 9.69 Å². The van der Waals surface area contributed by atoms with Crippen LogP contribution in [-0.4, -0.2) is 74.1 Å². The van der Waals surface area contributed by atoms with Gasteiger partial charge >= 0.3 is 0 Å². The summed E-state index contributed by atoms with van der Waals surface area (Å²) < 4.78 is 5.15. The van der Waals surface area contributed by atoms with Gasteiger partial charge in [-0.1, -0.05) is 24.3 Å². The molecule has 0 N–H and O–H groups in total. The summed E-state index contributed by atoms with van der Waals surface area (Å²) in [7, 11) is 3.69. The lowest BCUT2D eigenvalue weighted by Gasteiger charge is -2.24. The topological polar surface area (TPSA) is 36.0 Å². The van der Waals surface area contributed by atoms with Crippen molar-refractivity contribution in [2.24, 2.45) is 5.92 Å². The number of likely N-dealkylation sites (N-methyl/N-ethyl adjacent to an activating group) is 1. The highest BCUT2D eigenvalue weighted by atomic mass is 16.5. The SMILES string of the molecule is COCCN1CCC(CN(C)C(=O)CN2Cc3ccccc3C2)C1. The van der Waals surface area contributed by atoms with Crippen LogP contribution in [0.4, 0.5) is 0 Å². The average molecular weight is 331 g/mol. The summed E-state index contributed by atoms with van der Waals surface area (Å²) in [5.41, 5.74) is 2.72. The van der Waals surface area contributed by atoms with Gasteiger partial charge in [0.1, 0.15) is 0 Å². The molecule has 1 fully saturated rings. The summed E-state index contributed by atoms with van der Waals surface area (Å²) in [6.07, 6.45) is 1.18. The molecule has 2 aliphatic heterocycles. The van der Waals surface area contributed by atoms with Crippen LogP contribution in [0.5, 0.6) is 0 Å². The van der Waals surface area contributed by atoms with Gasteiger partial charge in [0.15, 0.2) is 0 Å². The molecule has 0 aromatic heterocycles. The van der Waals surface area contributed by atoms with Gasteiger partial charge in [0.2, 0.25) is 5.91 Å². The van der Waals surface area contributed by atoms with Gasteiger partial charge in [0.25, 0.3) is 0 Å². The first kappa shape index (κ1) is 17.4. The van der Waals surface area contributed by atoms with Crippen LogP contribution < -0.4 is 0 Å². The standard InChI is InChI=1S/C19H29N3O2/c1-20(11-16-7-8-21(12-16)9-10-24-2)19(23)15-22-13-17-5-3-4-6-18(17)14-22/h3-6,16H,7-15H2,1-2H3. The molecule has 1 aromatic rings. The zero-order chi connectivity index (χ0) is 16.9. The molecule has 0 saturated carbocycles. The van der Waals surface area contributed by atoms with E-state index in [1.807, 2.05) is 11.9 Å². The number of carbonyl (C=O) groups excluding carboxylic acids is 1. The van der Waals surface area contributed by atoms with Gasteiger partial charge in [0.05, 0.1) is 13.2 Å². The third-order valence-corrected chi connectivity index (χ3v) is 5.20. The molecular formula is C19H29N3O2. The Labute approximate surface area is 145 Å². The minimum atomic E-state index is 0.234. The lowest BCUT2D eigenvalue weighted by atomic mass is 10.1. The molecule has 1 unspecified atom stereocenters. The number of methoxy groups -OCH3 is 1. The molecule has 1 amide bonds. The van der Waals surface area contributed by atoms with Crippen LogP contribution in [-0.2, 0) is 22.6 Å². The second-order valence-electron chi connectivity index (χ2n) is 7.14. The number of fused-ring (bicyclic) bond motifs is 1. The van der Waals surface area contributed by atoms with Crippen LogP contribution in [0, 0.1) is 5.92 Å². The fourth-order valence-corrected chi connectivity index (χ4v) is 3.80. The number of hydrogen-bond donors (Lipinski definition) is 0. The minimum Gasteiger partial charge on any atom is -0.383 e. The van der Waals surface area contributed by atoms with E-state index in [1.165, 1.54) is 17.5 Å². The quantitative estimate of drug-likeness (QED) is 0.757. The molecule has 24 heavy (non-hydrogen) atoms. The monoisotopic (exact) mass is 331 g/mol. The summed E-state index contributed by atoms with van der Waals surface area (Å²) >= 11 is 0. The Kier molecular flexibility index (Phi) is 5.87. The Morgan fingerprint density at radius 1 is 1.25 bits per heavy atom. The molecule has 0 radical (unpaired) electrons. The second kappa shape index (κ2) is 8.10. The third-order valence-electron chi connectivity index (χ3n) is 5.20. The van der Waals surface area contributed by atoms with Crippen LogP contribution in [0.15, 0.2) is 24.3 Å². The number of amides is 1. The van der Waals surface area contributed by atoms with Crippen LogP contribution in [0.25, 0.3) is 0 Å². The Hall–Kier alpha value is -1.43. The van der Waals surface area contributed by atoms with E-state index in [-0.39, 0.29) is 5.91 Å². The zero-order valence-corrected chi connectivity index (χ0v) is 14.9. The zero-order valence-electron chi connectivity index (χ0n) is 14.9. The van der Waals surface area contributed by atoms with Gasteiger partial charge in [-0.05, 0) is 30.0 Å². The van der Waals surface area contributed by atoms with E-state index < -0.39 is 0 Å². The number of hydrogen-bond acceptors (Lipinski definition) is 4. The molecule has 0 aliphatic carbocycles. The van der Waals surface area contributed by atoms with Crippen LogP contribution in [0.2, 0.25) is 0 Å². The average Bonchev–Trinajstić information content (AvgIpc) is 3.18. The first-order chi connectivity index (χ1) is 11.7. The van der Waals surface area contributed by atoms with Crippen molar-refractivity contribution in [1.82, 2.24) is 14.7 Å². The highest BCUT2D eigenvalue weighted by Gasteiger charge is 2.26. The Morgan fingerprint density at radius 2 is 1.96 bits per heavy atom. The summed E-state index contributed by atoms with van der Waals surface area (Å²) in [4.78, 5) is 19.1. The third kappa shape index (κ3) is 4.35. The van der Waals surface area contributed by atoms with Crippen molar-refractivity contribution in [3.05, 3.63) is 35.4 Å². The van der Waals surface area contributed by atoms with Crippen molar-refractivity contribution in [3.63, 3.8) is 0 Å². The number of benzene rings is 1. The van der Waals surface area contributed by atoms with Crippen molar-refractivity contribution in [2.45, 2.75) is 19.5 Å². The lowest BCUT2D eigenvalue weighted by molar-refractivity contribution is -0.131. The summed E-state index contributed by atoms with van der Waals surface area (Å²) in [5, 5.41) is 0. The number of likely N-dealkylation sites (tertiary alicyclic amines) is 1. The van der Waals surface area contributed by atoms with E-state index in [0.29, 0.717) is 12.5 Å². The predicted molar refractivity (Wildman–Crippen MR) is 94.6 cm³/mol. The smallest absolute Gasteiger partial charge is 0.236 e. The molecule has 5 heteroatoms. The van der Waals surface area contributed by atoms with Crippen molar-refractivity contribution >= 4 is 5.91 Å². The van der Waals surface area contributed by atoms with E-state index in [4.69, 9.17) is 4.74 Å². The van der Waals surface area contributed by atoms with E-state index in [2.05, 4.69) is 34.1 Å². The highest BCUT2D eigenvalue weighted by molar-refractivity contribution is 5.78. The number of ether oxygens (including phenoxy) is 1. The molecule has 3 rings (SSSR count).